The first-order chi connectivity index (χ1) is 14.2. The minimum Gasteiger partial charge on any atom is -0.493 e. The first-order valence-corrected chi connectivity index (χ1v) is 11.0. The lowest BCUT2D eigenvalue weighted by Gasteiger charge is -2.28. The van der Waals surface area contributed by atoms with Crippen molar-refractivity contribution in [2.45, 2.75) is 19.5 Å². The number of ether oxygens (including phenoxy) is 4. The first kappa shape index (κ1) is 21.6. The molecule has 1 amide bonds. The summed E-state index contributed by atoms with van der Waals surface area (Å²) in [5, 5.41) is 2.77. The van der Waals surface area contributed by atoms with Crippen molar-refractivity contribution in [3.05, 3.63) is 42.0 Å². The van der Waals surface area contributed by atoms with Crippen molar-refractivity contribution < 1.29 is 32.2 Å². The third-order valence-corrected chi connectivity index (χ3v) is 5.86. The van der Waals surface area contributed by atoms with Crippen LogP contribution in [0, 0.1) is 0 Å². The van der Waals surface area contributed by atoms with E-state index in [0.717, 1.165) is 16.1 Å². The number of rotatable bonds is 8. The smallest absolute Gasteiger partial charge is 0.243 e. The molecule has 2 aromatic rings. The number of nitrogens with zero attached hydrogens (tertiary/aromatic N) is 1. The van der Waals surface area contributed by atoms with Gasteiger partial charge < -0.3 is 24.3 Å². The molecular weight excluding hydrogens is 412 g/mol. The van der Waals surface area contributed by atoms with Crippen LogP contribution in [0.2, 0.25) is 0 Å². The molecule has 1 aliphatic heterocycles. The number of benzene rings is 2. The summed E-state index contributed by atoms with van der Waals surface area (Å²) in [5.41, 5.74) is 1.10. The van der Waals surface area contributed by atoms with Gasteiger partial charge in [-0.2, -0.15) is 0 Å². The molecule has 10 heteroatoms. The standard InChI is InChI=1S/C20H24N2O7S/c1-13(20(23)21-11-14-5-7-17-19(9-14)29-12-28-17)22(30(4,24)25)15-6-8-16(26-2)18(10-15)27-3/h5-10,13H,11-12H2,1-4H3,(H,21,23)/t13-/m0/s1. The number of fused-ring (bicyclic) bond motifs is 1. The van der Waals surface area contributed by atoms with E-state index in [4.69, 9.17) is 18.9 Å². The summed E-state index contributed by atoms with van der Waals surface area (Å²) in [4.78, 5) is 12.8. The molecule has 30 heavy (non-hydrogen) atoms. The van der Waals surface area contributed by atoms with Crippen molar-refractivity contribution in [2.24, 2.45) is 0 Å². The van der Waals surface area contributed by atoms with Crippen LogP contribution < -0.4 is 28.6 Å². The van der Waals surface area contributed by atoms with Crippen LogP contribution >= 0.6 is 0 Å². The molecule has 0 saturated heterocycles. The Morgan fingerprint density at radius 2 is 1.80 bits per heavy atom. The SMILES string of the molecule is COc1ccc(N([C@@H](C)C(=O)NCc2ccc3c(c2)OCO3)S(C)(=O)=O)cc1OC. The minimum absolute atomic E-state index is 0.164. The van der Waals surface area contributed by atoms with Crippen LogP contribution in [0.15, 0.2) is 36.4 Å². The second-order valence-corrected chi connectivity index (χ2v) is 8.54. The molecule has 3 rings (SSSR count). The average molecular weight is 436 g/mol. The van der Waals surface area contributed by atoms with E-state index in [-0.39, 0.29) is 13.3 Å². The van der Waals surface area contributed by atoms with Crippen LogP contribution in [0.5, 0.6) is 23.0 Å². The molecule has 0 fully saturated rings. The van der Waals surface area contributed by atoms with Crippen LogP contribution in [0.1, 0.15) is 12.5 Å². The van der Waals surface area contributed by atoms with Crippen molar-refractivity contribution in [2.75, 3.05) is 31.6 Å². The zero-order valence-corrected chi connectivity index (χ0v) is 18.0. The van der Waals surface area contributed by atoms with Gasteiger partial charge in [-0.1, -0.05) is 6.07 Å². The fraction of sp³-hybridized carbons (Fsp3) is 0.350. The number of carbonyl (C=O) groups is 1. The van der Waals surface area contributed by atoms with E-state index in [1.54, 1.807) is 30.3 Å². The van der Waals surface area contributed by atoms with Crippen LogP contribution in [0.4, 0.5) is 5.69 Å². The Balaban J connectivity index is 1.78. The molecule has 162 valence electrons. The van der Waals surface area contributed by atoms with E-state index in [1.165, 1.54) is 27.2 Å². The Bertz CT molecular complexity index is 1040. The van der Waals surface area contributed by atoms with E-state index in [2.05, 4.69) is 5.32 Å². The van der Waals surface area contributed by atoms with E-state index >= 15 is 0 Å². The zero-order chi connectivity index (χ0) is 21.9. The zero-order valence-electron chi connectivity index (χ0n) is 17.2. The predicted octanol–water partition coefficient (Wildman–Crippen LogP) is 1.90. The fourth-order valence-corrected chi connectivity index (χ4v) is 4.33. The monoisotopic (exact) mass is 436 g/mol. The lowest BCUT2D eigenvalue weighted by atomic mass is 10.2. The van der Waals surface area contributed by atoms with Crippen LogP contribution in [-0.2, 0) is 21.4 Å². The second-order valence-electron chi connectivity index (χ2n) is 6.68. The lowest BCUT2D eigenvalue weighted by molar-refractivity contribution is -0.122. The molecule has 0 radical (unpaired) electrons. The van der Waals surface area contributed by atoms with Crippen molar-refractivity contribution in [1.29, 1.82) is 0 Å². The number of anilines is 1. The van der Waals surface area contributed by atoms with Gasteiger partial charge in [-0.25, -0.2) is 8.42 Å². The number of hydrogen-bond donors (Lipinski definition) is 1. The van der Waals surface area contributed by atoms with Gasteiger partial charge in [0.15, 0.2) is 23.0 Å². The average Bonchev–Trinajstić information content (AvgIpc) is 3.18. The summed E-state index contributed by atoms with van der Waals surface area (Å²) in [5.74, 6) is 1.62. The summed E-state index contributed by atoms with van der Waals surface area (Å²) in [6, 6.07) is 9.01. The Hall–Kier alpha value is -3.14. The number of carbonyl (C=O) groups excluding carboxylic acids is 1. The quantitative estimate of drug-likeness (QED) is 0.674. The maximum absolute atomic E-state index is 12.8. The van der Waals surface area contributed by atoms with Crippen molar-refractivity contribution >= 4 is 21.6 Å². The van der Waals surface area contributed by atoms with Crippen LogP contribution in [-0.4, -0.2) is 47.6 Å². The van der Waals surface area contributed by atoms with Gasteiger partial charge in [-0.15, -0.1) is 0 Å². The molecule has 0 saturated carbocycles. The van der Waals surface area contributed by atoms with Gasteiger partial charge in [0.2, 0.25) is 22.7 Å². The van der Waals surface area contributed by atoms with Gasteiger partial charge in [0.05, 0.1) is 26.2 Å². The molecule has 1 heterocycles. The summed E-state index contributed by atoms with van der Waals surface area (Å²) in [6.07, 6.45) is 1.05. The lowest BCUT2D eigenvalue weighted by Crippen LogP contribution is -2.47. The molecule has 9 nitrogen and oxygen atoms in total. The third-order valence-electron chi connectivity index (χ3n) is 4.61. The van der Waals surface area contributed by atoms with Crippen LogP contribution in [0.3, 0.4) is 0 Å². The third kappa shape index (κ3) is 4.54. The van der Waals surface area contributed by atoms with Crippen molar-refractivity contribution in [3.8, 4) is 23.0 Å². The molecule has 1 atom stereocenters. The van der Waals surface area contributed by atoms with Crippen molar-refractivity contribution in [1.82, 2.24) is 5.32 Å². The molecule has 1 aliphatic rings. The van der Waals surface area contributed by atoms with Gasteiger partial charge in [0, 0.05) is 12.6 Å². The van der Waals surface area contributed by atoms with Gasteiger partial charge in [0.25, 0.3) is 0 Å². The molecule has 0 aliphatic carbocycles. The highest BCUT2D eigenvalue weighted by Gasteiger charge is 2.30. The van der Waals surface area contributed by atoms with Crippen LogP contribution in [0.25, 0.3) is 0 Å². The van der Waals surface area contributed by atoms with E-state index in [1.807, 2.05) is 0 Å². The molecule has 0 aromatic heterocycles. The Morgan fingerprint density at radius 3 is 2.47 bits per heavy atom. The summed E-state index contributed by atoms with van der Waals surface area (Å²) in [7, 11) is -0.822. The van der Waals surface area contributed by atoms with Crippen molar-refractivity contribution in [3.63, 3.8) is 0 Å². The van der Waals surface area contributed by atoms with E-state index < -0.39 is 22.0 Å². The molecule has 1 N–H and O–H groups in total. The summed E-state index contributed by atoms with van der Waals surface area (Å²) in [6.45, 7) is 1.90. The molecule has 0 spiro atoms. The van der Waals surface area contributed by atoms with Gasteiger partial charge in [-0.05, 0) is 36.8 Å². The molecular formula is C20H24N2O7S. The van der Waals surface area contributed by atoms with E-state index in [0.29, 0.717) is 28.7 Å². The first-order valence-electron chi connectivity index (χ1n) is 9.12. The normalized spacial score (nSPS) is 13.5. The minimum atomic E-state index is -3.76. The highest BCUT2D eigenvalue weighted by Crippen LogP contribution is 2.34. The molecule has 0 unspecified atom stereocenters. The number of methoxy groups -OCH3 is 2. The predicted molar refractivity (Wildman–Crippen MR) is 111 cm³/mol. The van der Waals surface area contributed by atoms with Gasteiger partial charge in [-0.3, -0.25) is 9.10 Å². The second kappa shape index (κ2) is 8.70. The highest BCUT2D eigenvalue weighted by atomic mass is 32.2. The number of hydrogen-bond acceptors (Lipinski definition) is 7. The van der Waals surface area contributed by atoms with E-state index in [9.17, 15) is 13.2 Å². The fourth-order valence-electron chi connectivity index (χ4n) is 3.16. The Morgan fingerprint density at radius 1 is 1.10 bits per heavy atom. The van der Waals surface area contributed by atoms with Gasteiger partial charge >= 0.3 is 0 Å². The highest BCUT2D eigenvalue weighted by molar-refractivity contribution is 7.92. The maximum atomic E-state index is 12.8. The molecule has 0 bridgehead atoms. The van der Waals surface area contributed by atoms with Gasteiger partial charge in [0.1, 0.15) is 6.04 Å². The summed E-state index contributed by atoms with van der Waals surface area (Å²) >= 11 is 0. The number of nitrogens with one attached hydrogen (secondary N) is 1. The Kier molecular flexibility index (Phi) is 6.25. The molecule has 2 aromatic carbocycles. The summed E-state index contributed by atoms with van der Waals surface area (Å²) < 4.78 is 47.0. The number of sulfonamides is 1. The number of amides is 1. The topological polar surface area (TPSA) is 103 Å². The maximum Gasteiger partial charge on any atom is 0.243 e. The largest absolute Gasteiger partial charge is 0.493 e. The Labute approximate surface area is 175 Å².